The quantitative estimate of drug-likeness (QED) is 0.136. The van der Waals surface area contributed by atoms with E-state index < -0.39 is 20.0 Å². The van der Waals surface area contributed by atoms with Crippen LogP contribution in [0.1, 0.15) is 97.8 Å². The lowest BCUT2D eigenvalue weighted by atomic mass is 9.90. The number of hydrogen-bond donors (Lipinski definition) is 2. The molecule has 4 atom stereocenters. The zero-order valence-electron chi connectivity index (χ0n) is 34.2. The number of likely N-dealkylation sites (tertiary alicyclic amines) is 2. The highest BCUT2D eigenvalue weighted by Crippen LogP contribution is 2.46. The van der Waals surface area contributed by atoms with Gasteiger partial charge < -0.3 is 9.47 Å². The van der Waals surface area contributed by atoms with E-state index in [1.807, 2.05) is 12.1 Å². The molecule has 2 fully saturated rings. The average molecular weight is 911 g/mol. The molecule has 0 spiro atoms. The Hall–Kier alpha value is -4.84. The molecule has 0 amide bonds. The second-order valence-electron chi connectivity index (χ2n) is 15.9. The van der Waals surface area contributed by atoms with Crippen LogP contribution in [0.25, 0.3) is 0 Å². The number of benzene rings is 4. The van der Waals surface area contributed by atoms with Crippen molar-refractivity contribution in [1.82, 2.24) is 19.8 Å². The molecular formula is C46H50N6O6S4. The monoisotopic (exact) mass is 910 g/mol. The SMILES string of the molecule is O=S(=O)(Nc1nccs1)c1ccc2c(c1)OCC[C@@H]2N1CCCC[C@H]1c1ccccc1.O=S(=O)(Nc1nccs1)c1ccc2c(c1)OCC[C@H]2N1CCCC[C@H]1c1ccccc1. The van der Waals surface area contributed by atoms with Crippen LogP contribution in [0.15, 0.2) is 130 Å². The van der Waals surface area contributed by atoms with Gasteiger partial charge in [0.25, 0.3) is 20.0 Å². The minimum Gasteiger partial charge on any atom is -0.493 e. The second-order valence-corrected chi connectivity index (χ2v) is 21.1. The summed E-state index contributed by atoms with van der Waals surface area (Å²) in [5.41, 5.74) is 4.84. The summed E-state index contributed by atoms with van der Waals surface area (Å²) in [6, 6.07) is 33.1. The Balaban J connectivity index is 0.000000158. The summed E-state index contributed by atoms with van der Waals surface area (Å²) in [4.78, 5) is 13.6. The molecule has 16 heteroatoms. The van der Waals surface area contributed by atoms with Crippen LogP contribution >= 0.6 is 22.7 Å². The summed E-state index contributed by atoms with van der Waals surface area (Å²) in [6.45, 7) is 3.24. The van der Waals surface area contributed by atoms with E-state index in [4.69, 9.17) is 9.47 Å². The summed E-state index contributed by atoms with van der Waals surface area (Å²) in [7, 11) is -7.42. The number of rotatable bonds is 10. The van der Waals surface area contributed by atoms with E-state index in [9.17, 15) is 16.8 Å². The van der Waals surface area contributed by atoms with Crippen LogP contribution in [0.3, 0.4) is 0 Å². The summed E-state index contributed by atoms with van der Waals surface area (Å²) in [5.74, 6) is 1.33. The van der Waals surface area contributed by atoms with E-state index in [0.29, 0.717) is 47.1 Å². The lowest BCUT2D eigenvalue weighted by molar-refractivity contribution is 0.0668. The molecule has 324 valence electrons. The highest BCUT2D eigenvalue weighted by Gasteiger charge is 2.36. The molecule has 62 heavy (non-hydrogen) atoms. The van der Waals surface area contributed by atoms with Gasteiger partial charge in [0.2, 0.25) is 0 Å². The molecular weight excluding hydrogens is 861 g/mol. The maximum Gasteiger partial charge on any atom is 0.263 e. The predicted octanol–water partition coefficient (Wildman–Crippen LogP) is 9.99. The van der Waals surface area contributed by atoms with E-state index in [0.717, 1.165) is 49.9 Å². The molecule has 4 aliphatic rings. The standard InChI is InChI=1S/2C23H25N3O3S2/c2*27-31(28,25-23-24-12-15-30-23)18-9-10-19-21(11-14-29-22(19)16-18)26-13-5-4-8-20(26)17-6-2-1-3-7-17/h2*1-3,6-7,9-10,12,15-16,20-21H,4-5,8,11,13-14H2,(H,24,25)/t20-,21+;20-,21-/m00/s1. The molecule has 2 N–H and O–H groups in total. The van der Waals surface area contributed by atoms with Gasteiger partial charge in [-0.1, -0.05) is 85.6 Å². The van der Waals surface area contributed by atoms with Crippen LogP contribution in [0.4, 0.5) is 10.3 Å². The largest absolute Gasteiger partial charge is 0.493 e. The molecule has 6 heterocycles. The Labute approximate surface area is 372 Å². The molecule has 0 aliphatic carbocycles. The fraction of sp³-hybridized carbons (Fsp3) is 0.348. The first-order chi connectivity index (χ1) is 30.2. The molecule has 12 nitrogen and oxygen atoms in total. The Morgan fingerprint density at radius 1 is 0.532 bits per heavy atom. The van der Waals surface area contributed by atoms with Crippen molar-refractivity contribution in [3.8, 4) is 11.5 Å². The number of sulfonamides is 2. The van der Waals surface area contributed by atoms with Gasteiger partial charge in [0.1, 0.15) is 11.5 Å². The lowest BCUT2D eigenvalue weighted by Gasteiger charge is -2.43. The topological polar surface area (TPSA) is 143 Å². The molecule has 10 rings (SSSR count). The van der Waals surface area contributed by atoms with Gasteiger partial charge in [0.05, 0.1) is 23.0 Å². The molecule has 2 saturated heterocycles. The Bertz CT molecular complexity index is 2450. The van der Waals surface area contributed by atoms with Crippen molar-refractivity contribution in [2.45, 2.75) is 85.3 Å². The van der Waals surface area contributed by atoms with Gasteiger partial charge in [-0.3, -0.25) is 19.2 Å². The minimum absolute atomic E-state index is 0.195. The van der Waals surface area contributed by atoms with Crippen LogP contribution in [-0.4, -0.2) is 62.9 Å². The number of piperidine rings is 2. The predicted molar refractivity (Wildman–Crippen MR) is 244 cm³/mol. The van der Waals surface area contributed by atoms with Crippen molar-refractivity contribution < 1.29 is 26.3 Å². The maximum absolute atomic E-state index is 12.8. The van der Waals surface area contributed by atoms with Crippen molar-refractivity contribution in [1.29, 1.82) is 0 Å². The van der Waals surface area contributed by atoms with Crippen molar-refractivity contribution in [2.75, 3.05) is 35.7 Å². The summed E-state index contributed by atoms with van der Waals surface area (Å²) in [5, 5.41) is 4.19. The smallest absolute Gasteiger partial charge is 0.263 e. The minimum atomic E-state index is -3.71. The lowest BCUT2D eigenvalue weighted by Crippen LogP contribution is -2.38. The van der Waals surface area contributed by atoms with Crippen molar-refractivity contribution in [3.05, 3.63) is 142 Å². The van der Waals surface area contributed by atoms with E-state index in [1.165, 1.54) is 59.5 Å². The first-order valence-electron chi connectivity index (χ1n) is 21.2. The number of anilines is 2. The normalized spacial score (nSPS) is 21.8. The number of fused-ring (bicyclic) bond motifs is 2. The number of nitrogens with one attached hydrogen (secondary N) is 2. The Kier molecular flexibility index (Phi) is 12.9. The van der Waals surface area contributed by atoms with Crippen molar-refractivity contribution >= 4 is 53.0 Å². The van der Waals surface area contributed by atoms with Gasteiger partial charge in [-0.2, -0.15) is 0 Å². The van der Waals surface area contributed by atoms with E-state index >= 15 is 0 Å². The first-order valence-corrected chi connectivity index (χ1v) is 26.0. The number of thiazole rings is 2. The van der Waals surface area contributed by atoms with Crippen molar-refractivity contribution in [2.24, 2.45) is 0 Å². The van der Waals surface area contributed by atoms with Crippen LogP contribution in [0.2, 0.25) is 0 Å². The second kappa shape index (κ2) is 18.9. The molecule has 4 aromatic carbocycles. The number of hydrogen-bond acceptors (Lipinski definition) is 12. The fourth-order valence-electron chi connectivity index (χ4n) is 9.34. The van der Waals surface area contributed by atoms with E-state index in [-0.39, 0.29) is 21.9 Å². The third kappa shape index (κ3) is 9.41. The Morgan fingerprint density at radius 2 is 0.968 bits per heavy atom. The third-order valence-corrected chi connectivity index (χ3v) is 16.5. The highest BCUT2D eigenvalue weighted by molar-refractivity contribution is 7.93. The van der Waals surface area contributed by atoms with E-state index in [1.54, 1.807) is 47.4 Å². The molecule has 0 saturated carbocycles. The van der Waals surface area contributed by atoms with Gasteiger partial charge in [0.15, 0.2) is 10.3 Å². The van der Waals surface area contributed by atoms with Gasteiger partial charge >= 0.3 is 0 Å². The summed E-state index contributed by atoms with van der Waals surface area (Å²) < 4.78 is 68.1. The zero-order valence-corrected chi connectivity index (χ0v) is 37.5. The Morgan fingerprint density at radius 3 is 1.37 bits per heavy atom. The zero-order chi connectivity index (χ0) is 42.5. The number of nitrogens with zero attached hydrogens (tertiary/aromatic N) is 4. The summed E-state index contributed by atoms with van der Waals surface area (Å²) >= 11 is 2.50. The van der Waals surface area contributed by atoms with Crippen LogP contribution in [0, 0.1) is 0 Å². The molecule has 0 unspecified atom stereocenters. The fourth-order valence-corrected chi connectivity index (χ4v) is 12.9. The van der Waals surface area contributed by atoms with Gasteiger partial charge in [0, 0.05) is 83.4 Å². The molecule has 0 bridgehead atoms. The molecule has 0 radical (unpaired) electrons. The molecule has 2 aromatic heterocycles. The number of aromatic nitrogens is 2. The van der Waals surface area contributed by atoms with Crippen LogP contribution in [0.5, 0.6) is 11.5 Å². The summed E-state index contributed by atoms with van der Waals surface area (Å²) in [6.07, 6.45) is 12.1. The van der Waals surface area contributed by atoms with Gasteiger partial charge in [-0.15, -0.1) is 22.7 Å². The third-order valence-electron chi connectivity index (χ3n) is 12.2. The highest BCUT2D eigenvalue weighted by atomic mass is 32.2. The maximum atomic E-state index is 12.8. The molecule has 4 aliphatic heterocycles. The van der Waals surface area contributed by atoms with Gasteiger partial charge in [-0.05, 0) is 62.0 Å². The van der Waals surface area contributed by atoms with E-state index in [2.05, 4.69) is 89.9 Å². The van der Waals surface area contributed by atoms with Crippen LogP contribution < -0.4 is 18.9 Å². The molecule has 6 aromatic rings. The first kappa shape index (κ1) is 42.5. The van der Waals surface area contributed by atoms with Crippen molar-refractivity contribution in [3.63, 3.8) is 0 Å². The average Bonchev–Trinajstić information content (AvgIpc) is 4.03. The number of ether oxygens (including phenoxy) is 2. The van der Waals surface area contributed by atoms with Gasteiger partial charge in [-0.25, -0.2) is 26.8 Å². The van der Waals surface area contributed by atoms with Crippen LogP contribution in [-0.2, 0) is 20.0 Å².